The maximum Gasteiger partial charge on any atom is 0.349 e. The fourth-order valence-corrected chi connectivity index (χ4v) is 4.08. The topological polar surface area (TPSA) is 112 Å². The van der Waals surface area contributed by atoms with Crippen LogP contribution in [0.1, 0.15) is 22.2 Å². The molecule has 0 bridgehead atoms. The van der Waals surface area contributed by atoms with E-state index in [9.17, 15) is 9.90 Å². The first-order chi connectivity index (χ1) is 15.1. The number of nitrogens with one attached hydrogen (secondary N) is 1. The molecule has 0 spiro atoms. The first-order valence-corrected chi connectivity index (χ1v) is 10.4. The molecule has 1 aliphatic heterocycles. The maximum atomic E-state index is 11.5. The van der Waals surface area contributed by atoms with Crippen LogP contribution in [0.3, 0.4) is 0 Å². The zero-order chi connectivity index (χ0) is 21.8. The Kier molecular flexibility index (Phi) is 6.08. The molecule has 3 heterocycles. The molecule has 0 amide bonds. The molecular formula is C21H21N3O6S. The maximum absolute atomic E-state index is 11.5. The summed E-state index contributed by atoms with van der Waals surface area (Å²) in [5.74, 6) is 2.07. The highest BCUT2D eigenvalue weighted by atomic mass is 32.1. The Labute approximate surface area is 182 Å². The second-order valence-corrected chi connectivity index (χ2v) is 7.58. The molecule has 4 rings (SSSR count). The first kappa shape index (κ1) is 20.7. The van der Waals surface area contributed by atoms with Gasteiger partial charge in [-0.3, -0.25) is 0 Å². The molecule has 10 heteroatoms. The Hall–Kier alpha value is -3.53. The lowest BCUT2D eigenvalue weighted by Gasteiger charge is -2.11. The van der Waals surface area contributed by atoms with E-state index in [1.165, 1.54) is 6.33 Å². The monoisotopic (exact) mass is 443 g/mol. The molecule has 1 aliphatic rings. The number of ether oxygens (including phenoxy) is 4. The fraction of sp³-hybridized carbons (Fsp3) is 0.286. The normalized spacial score (nSPS) is 11.9. The lowest BCUT2D eigenvalue weighted by Crippen LogP contribution is -2.07. The van der Waals surface area contributed by atoms with Crippen LogP contribution in [0.4, 0.5) is 5.82 Å². The number of hydrogen-bond donors (Lipinski definition) is 2. The third-order valence-corrected chi connectivity index (χ3v) is 5.71. The third kappa shape index (κ3) is 4.48. The van der Waals surface area contributed by atoms with Crippen molar-refractivity contribution >= 4 is 23.1 Å². The number of fused-ring (bicyclic) bond motifs is 1. The molecule has 0 saturated carbocycles. The van der Waals surface area contributed by atoms with Gasteiger partial charge in [-0.25, -0.2) is 14.8 Å². The second-order valence-electron chi connectivity index (χ2n) is 6.52. The largest absolute Gasteiger partial charge is 0.496 e. The number of methoxy groups -OCH3 is 1. The standard InChI is InChI=1S/C21H21N3O6S/c1-3-28-17-9-18(31-20(17)21(25)26)13-7-19(24-10-23-13)22-5-4-12-6-15-16(30-11-29-15)8-14(12)27-2/h6-10H,3-5,11H2,1-2H3,(H,25,26)(H,22,23,24). The van der Waals surface area contributed by atoms with Crippen LogP contribution in [-0.4, -0.2) is 48.1 Å². The Morgan fingerprint density at radius 3 is 2.74 bits per heavy atom. The van der Waals surface area contributed by atoms with Gasteiger partial charge in [-0.1, -0.05) is 0 Å². The van der Waals surface area contributed by atoms with E-state index in [-0.39, 0.29) is 11.7 Å². The lowest BCUT2D eigenvalue weighted by molar-refractivity contribution is 0.0698. The third-order valence-electron chi connectivity index (χ3n) is 4.59. The number of thiophene rings is 1. The summed E-state index contributed by atoms with van der Waals surface area (Å²) in [6.07, 6.45) is 2.12. The summed E-state index contributed by atoms with van der Waals surface area (Å²) in [4.78, 5) is 20.8. The van der Waals surface area contributed by atoms with Gasteiger partial charge in [0.25, 0.3) is 0 Å². The molecule has 2 N–H and O–H groups in total. The van der Waals surface area contributed by atoms with Crippen LogP contribution in [0, 0.1) is 0 Å². The summed E-state index contributed by atoms with van der Waals surface area (Å²) >= 11 is 1.12. The Balaban J connectivity index is 1.46. The minimum atomic E-state index is -1.02. The van der Waals surface area contributed by atoms with Crippen LogP contribution in [0.25, 0.3) is 10.6 Å². The number of carbonyl (C=O) groups is 1. The van der Waals surface area contributed by atoms with E-state index in [2.05, 4.69) is 15.3 Å². The molecule has 1 aromatic carbocycles. The van der Waals surface area contributed by atoms with Crippen molar-refractivity contribution in [3.05, 3.63) is 41.0 Å². The summed E-state index contributed by atoms with van der Waals surface area (Å²) in [6.45, 7) is 3.00. The fourth-order valence-electron chi connectivity index (χ4n) is 3.18. The van der Waals surface area contributed by atoms with Crippen LogP contribution >= 0.6 is 11.3 Å². The zero-order valence-electron chi connectivity index (χ0n) is 17.0. The van der Waals surface area contributed by atoms with E-state index in [0.717, 1.165) is 22.6 Å². The predicted molar refractivity (Wildman–Crippen MR) is 115 cm³/mol. The molecule has 0 unspecified atom stereocenters. The smallest absolute Gasteiger partial charge is 0.349 e. The highest BCUT2D eigenvalue weighted by molar-refractivity contribution is 7.17. The van der Waals surface area contributed by atoms with Crippen molar-refractivity contribution in [1.29, 1.82) is 0 Å². The highest BCUT2D eigenvalue weighted by Gasteiger charge is 2.19. The number of benzene rings is 1. The number of aromatic carboxylic acids is 1. The Morgan fingerprint density at radius 2 is 2.00 bits per heavy atom. The Morgan fingerprint density at radius 1 is 1.19 bits per heavy atom. The lowest BCUT2D eigenvalue weighted by atomic mass is 10.1. The number of nitrogens with zero attached hydrogens (tertiary/aromatic N) is 2. The van der Waals surface area contributed by atoms with Gasteiger partial charge in [0.05, 0.1) is 24.3 Å². The van der Waals surface area contributed by atoms with Crippen LogP contribution in [-0.2, 0) is 6.42 Å². The van der Waals surface area contributed by atoms with Gasteiger partial charge in [-0.05, 0) is 25.0 Å². The van der Waals surface area contributed by atoms with Crippen LogP contribution in [0.5, 0.6) is 23.0 Å². The number of anilines is 1. The number of carboxylic acids is 1. The van der Waals surface area contributed by atoms with E-state index in [1.807, 2.05) is 19.1 Å². The number of carboxylic acid groups (broad SMARTS) is 1. The molecule has 0 aliphatic carbocycles. The summed E-state index contributed by atoms with van der Waals surface area (Å²) in [5.41, 5.74) is 1.61. The van der Waals surface area contributed by atoms with Crippen molar-refractivity contribution in [2.24, 2.45) is 0 Å². The van der Waals surface area contributed by atoms with Crippen molar-refractivity contribution in [3.8, 4) is 33.6 Å². The molecule has 0 saturated heterocycles. The van der Waals surface area contributed by atoms with Crippen molar-refractivity contribution in [2.75, 3.05) is 32.4 Å². The number of aromatic nitrogens is 2. The average Bonchev–Trinajstić information content (AvgIpc) is 3.40. The van der Waals surface area contributed by atoms with Crippen molar-refractivity contribution < 1.29 is 28.8 Å². The van der Waals surface area contributed by atoms with Crippen LogP contribution in [0.2, 0.25) is 0 Å². The average molecular weight is 443 g/mol. The van der Waals surface area contributed by atoms with Crippen LogP contribution < -0.4 is 24.3 Å². The summed E-state index contributed by atoms with van der Waals surface area (Å²) in [6, 6.07) is 7.22. The summed E-state index contributed by atoms with van der Waals surface area (Å²) in [7, 11) is 1.62. The number of rotatable bonds is 9. The minimum Gasteiger partial charge on any atom is -0.496 e. The van der Waals surface area contributed by atoms with E-state index < -0.39 is 5.97 Å². The van der Waals surface area contributed by atoms with E-state index in [0.29, 0.717) is 53.2 Å². The second kappa shape index (κ2) is 9.09. The predicted octanol–water partition coefficient (Wildman–Crippen LogP) is 3.69. The van der Waals surface area contributed by atoms with E-state index >= 15 is 0 Å². The highest BCUT2D eigenvalue weighted by Crippen LogP contribution is 2.38. The molecular weight excluding hydrogens is 422 g/mol. The van der Waals surface area contributed by atoms with Gasteiger partial charge in [-0.15, -0.1) is 11.3 Å². The summed E-state index contributed by atoms with van der Waals surface area (Å²) in [5, 5.41) is 12.7. The van der Waals surface area contributed by atoms with Gasteiger partial charge in [0.15, 0.2) is 16.4 Å². The van der Waals surface area contributed by atoms with E-state index in [4.69, 9.17) is 18.9 Å². The molecule has 0 fully saturated rings. The van der Waals surface area contributed by atoms with Crippen LogP contribution in [0.15, 0.2) is 30.6 Å². The SMILES string of the molecule is CCOc1cc(-c2cc(NCCc3cc4c(cc3OC)OCO4)ncn2)sc1C(=O)O. The Bertz CT molecular complexity index is 1100. The van der Waals surface area contributed by atoms with Gasteiger partial charge >= 0.3 is 5.97 Å². The molecule has 0 atom stereocenters. The van der Waals surface area contributed by atoms with Crippen molar-refractivity contribution in [2.45, 2.75) is 13.3 Å². The molecule has 2 aromatic heterocycles. The first-order valence-electron chi connectivity index (χ1n) is 9.61. The summed E-state index contributed by atoms with van der Waals surface area (Å²) < 4.78 is 21.7. The molecule has 3 aromatic rings. The van der Waals surface area contributed by atoms with E-state index in [1.54, 1.807) is 19.2 Å². The van der Waals surface area contributed by atoms with Gasteiger partial charge in [0.1, 0.15) is 23.6 Å². The van der Waals surface area contributed by atoms with Gasteiger partial charge in [0.2, 0.25) is 6.79 Å². The van der Waals surface area contributed by atoms with Gasteiger partial charge < -0.3 is 29.4 Å². The quantitative estimate of drug-likeness (QED) is 0.511. The molecule has 31 heavy (non-hydrogen) atoms. The molecule has 162 valence electrons. The molecule has 9 nitrogen and oxygen atoms in total. The van der Waals surface area contributed by atoms with Gasteiger partial charge in [0, 0.05) is 24.7 Å². The van der Waals surface area contributed by atoms with Gasteiger partial charge in [-0.2, -0.15) is 0 Å². The van der Waals surface area contributed by atoms with Crippen molar-refractivity contribution in [1.82, 2.24) is 9.97 Å². The zero-order valence-corrected chi connectivity index (χ0v) is 17.8. The molecule has 0 radical (unpaired) electrons. The number of hydrogen-bond acceptors (Lipinski definition) is 9. The minimum absolute atomic E-state index is 0.153. The van der Waals surface area contributed by atoms with Crippen molar-refractivity contribution in [3.63, 3.8) is 0 Å².